The summed E-state index contributed by atoms with van der Waals surface area (Å²) in [4.78, 5) is 1.19. The van der Waals surface area contributed by atoms with Crippen molar-refractivity contribution < 1.29 is 9.84 Å². The maximum atomic E-state index is 9.91. The lowest BCUT2D eigenvalue weighted by Crippen LogP contribution is -2.52. The van der Waals surface area contributed by atoms with Crippen LogP contribution in [0.3, 0.4) is 0 Å². The fourth-order valence-electron chi connectivity index (χ4n) is 1.49. The molecular weight excluding hydrogens is 347 g/mol. The van der Waals surface area contributed by atoms with E-state index in [4.69, 9.17) is 16.3 Å². The molecule has 1 heterocycles. The second-order valence-corrected chi connectivity index (χ2v) is 6.75. The minimum Gasteiger partial charge on any atom is -0.387 e. The molecular formula is C10H15Br2ClO2. The normalized spacial score (nSPS) is 41.7. The zero-order valence-electron chi connectivity index (χ0n) is 8.71. The Labute approximate surface area is 112 Å². The topological polar surface area (TPSA) is 29.5 Å². The van der Waals surface area contributed by atoms with Gasteiger partial charge in [-0.05, 0) is 25.3 Å². The lowest BCUT2D eigenvalue weighted by molar-refractivity contribution is -0.108. The molecule has 4 atom stereocenters. The summed E-state index contributed by atoms with van der Waals surface area (Å²) < 4.78 is 5.60. The Balaban J connectivity index is 2.69. The van der Waals surface area contributed by atoms with Gasteiger partial charge in [0.15, 0.2) is 0 Å². The molecule has 0 aromatic carbocycles. The highest BCUT2D eigenvalue weighted by atomic mass is 79.9. The quantitative estimate of drug-likeness (QED) is 0.765. The molecule has 0 amide bonds. The van der Waals surface area contributed by atoms with E-state index < -0.39 is 10.5 Å². The van der Waals surface area contributed by atoms with Crippen molar-refractivity contribution >= 4 is 43.5 Å². The summed E-state index contributed by atoms with van der Waals surface area (Å²) in [6.07, 6.45) is 2.43. The van der Waals surface area contributed by atoms with Gasteiger partial charge in [0.2, 0.25) is 0 Å². The van der Waals surface area contributed by atoms with Gasteiger partial charge in [0.05, 0.1) is 23.2 Å². The maximum Gasteiger partial charge on any atom is 0.0977 e. The van der Waals surface area contributed by atoms with Gasteiger partial charge in [0.25, 0.3) is 0 Å². The van der Waals surface area contributed by atoms with Crippen molar-refractivity contribution in [1.82, 2.24) is 0 Å². The smallest absolute Gasteiger partial charge is 0.0977 e. The van der Waals surface area contributed by atoms with E-state index in [-0.39, 0.29) is 10.9 Å². The molecule has 0 unspecified atom stereocenters. The highest BCUT2D eigenvalue weighted by Crippen LogP contribution is 2.36. The summed E-state index contributed by atoms with van der Waals surface area (Å²) in [5.41, 5.74) is -0.818. The summed E-state index contributed by atoms with van der Waals surface area (Å²) in [6, 6.07) is 0. The van der Waals surface area contributed by atoms with Gasteiger partial charge in [-0.3, -0.25) is 0 Å². The van der Waals surface area contributed by atoms with Crippen molar-refractivity contribution in [2.24, 2.45) is 0 Å². The first-order chi connectivity index (χ1) is 6.79. The molecule has 88 valence electrons. The molecule has 1 fully saturated rings. The molecule has 15 heavy (non-hydrogen) atoms. The van der Waals surface area contributed by atoms with Crippen molar-refractivity contribution in [3.8, 4) is 0 Å². The molecule has 0 aromatic rings. The number of hydrogen-bond acceptors (Lipinski definition) is 2. The third-order valence-corrected chi connectivity index (χ3v) is 4.68. The van der Waals surface area contributed by atoms with Crippen LogP contribution in [0.25, 0.3) is 0 Å². The first-order valence-electron chi connectivity index (χ1n) is 4.74. The fraction of sp³-hybridized carbons (Fsp3) is 0.800. The number of halogens is 3. The maximum absolute atomic E-state index is 9.91. The van der Waals surface area contributed by atoms with Crippen LogP contribution in [0.2, 0.25) is 0 Å². The monoisotopic (exact) mass is 360 g/mol. The van der Waals surface area contributed by atoms with Crippen LogP contribution in [0.5, 0.6) is 0 Å². The van der Waals surface area contributed by atoms with E-state index in [0.29, 0.717) is 13.0 Å². The van der Waals surface area contributed by atoms with E-state index in [1.54, 1.807) is 11.9 Å². The predicted molar refractivity (Wildman–Crippen MR) is 70.0 cm³/mol. The average Bonchev–Trinajstić information content (AvgIpc) is 2.09. The minimum absolute atomic E-state index is 0.00514. The highest BCUT2D eigenvalue weighted by Gasteiger charge is 2.43. The van der Waals surface area contributed by atoms with Gasteiger partial charge in [-0.25, -0.2) is 0 Å². The molecule has 2 nitrogen and oxygen atoms in total. The molecule has 0 aliphatic carbocycles. The Kier molecular flexibility index (Phi) is 4.70. The second-order valence-electron chi connectivity index (χ2n) is 4.30. The molecule has 0 radical (unpaired) electrons. The zero-order valence-corrected chi connectivity index (χ0v) is 12.6. The summed E-state index contributed by atoms with van der Waals surface area (Å²) >= 11 is 13.0. The standard InChI is InChI=1S/C10H15Br2ClO2/c1-9(13,3-4-11)8-5-7(12)10(2,14)6-15-8/h3-4,7-8,14H,5-6H2,1-2H3/b4-3+/t7-,8-,9+,10+/m0/s1. The van der Waals surface area contributed by atoms with Crippen LogP contribution in [-0.4, -0.2) is 33.1 Å². The highest BCUT2D eigenvalue weighted by molar-refractivity contribution is 9.11. The third-order valence-electron chi connectivity index (χ3n) is 2.69. The molecule has 0 aromatic heterocycles. The van der Waals surface area contributed by atoms with Crippen molar-refractivity contribution in [1.29, 1.82) is 0 Å². The van der Waals surface area contributed by atoms with E-state index in [1.165, 1.54) is 0 Å². The van der Waals surface area contributed by atoms with Gasteiger partial charge in [0, 0.05) is 4.83 Å². The third kappa shape index (κ3) is 3.43. The van der Waals surface area contributed by atoms with E-state index in [9.17, 15) is 5.11 Å². The molecule has 0 spiro atoms. The van der Waals surface area contributed by atoms with E-state index in [1.807, 2.05) is 13.0 Å². The van der Waals surface area contributed by atoms with Crippen molar-refractivity contribution in [3.05, 3.63) is 11.1 Å². The number of ether oxygens (including phenoxy) is 1. The Hall–Kier alpha value is 0.910. The molecule has 1 N–H and O–H groups in total. The largest absolute Gasteiger partial charge is 0.387 e. The SMILES string of the molecule is C[C@@](Cl)(/C=C/Br)[C@@H]1C[C@H](Br)[C@](C)(O)CO1. The lowest BCUT2D eigenvalue weighted by Gasteiger charge is -2.42. The lowest BCUT2D eigenvalue weighted by atomic mass is 9.90. The van der Waals surface area contributed by atoms with E-state index in [0.717, 1.165) is 0 Å². The Morgan fingerprint density at radius 1 is 1.67 bits per heavy atom. The van der Waals surface area contributed by atoms with E-state index >= 15 is 0 Å². The number of hydrogen-bond donors (Lipinski definition) is 1. The van der Waals surface area contributed by atoms with Crippen LogP contribution >= 0.6 is 43.5 Å². The van der Waals surface area contributed by atoms with Crippen LogP contribution in [0, 0.1) is 0 Å². The number of aliphatic hydroxyl groups is 1. The van der Waals surface area contributed by atoms with Crippen molar-refractivity contribution in [3.63, 3.8) is 0 Å². The van der Waals surface area contributed by atoms with Crippen LogP contribution in [0.1, 0.15) is 20.3 Å². The fourth-order valence-corrected chi connectivity index (χ4v) is 2.88. The van der Waals surface area contributed by atoms with Crippen molar-refractivity contribution in [2.75, 3.05) is 6.61 Å². The summed E-state index contributed by atoms with van der Waals surface area (Å²) in [6.45, 7) is 3.96. The molecule has 0 bridgehead atoms. The van der Waals surface area contributed by atoms with Crippen LogP contribution in [0.4, 0.5) is 0 Å². The Bertz CT molecular complexity index is 254. The first-order valence-corrected chi connectivity index (χ1v) is 6.95. The van der Waals surface area contributed by atoms with Gasteiger partial charge in [-0.1, -0.05) is 37.9 Å². The molecule has 0 saturated carbocycles. The summed E-state index contributed by atoms with van der Waals surface area (Å²) in [5.74, 6) is 0. The van der Waals surface area contributed by atoms with Gasteiger partial charge in [-0.2, -0.15) is 0 Å². The van der Waals surface area contributed by atoms with Crippen molar-refractivity contribution in [2.45, 2.75) is 41.7 Å². The van der Waals surface area contributed by atoms with Gasteiger partial charge < -0.3 is 9.84 Å². The summed E-state index contributed by atoms with van der Waals surface area (Å²) in [5, 5.41) is 9.91. The Morgan fingerprint density at radius 2 is 2.27 bits per heavy atom. The molecule has 1 aliphatic heterocycles. The van der Waals surface area contributed by atoms with Gasteiger partial charge >= 0.3 is 0 Å². The molecule has 1 rings (SSSR count). The van der Waals surface area contributed by atoms with Crippen LogP contribution in [-0.2, 0) is 4.74 Å². The van der Waals surface area contributed by atoms with Gasteiger partial charge in [0.1, 0.15) is 0 Å². The number of rotatable bonds is 2. The summed E-state index contributed by atoms with van der Waals surface area (Å²) in [7, 11) is 0. The van der Waals surface area contributed by atoms with Crippen LogP contribution < -0.4 is 0 Å². The Morgan fingerprint density at radius 3 is 2.73 bits per heavy atom. The molecule has 1 saturated heterocycles. The van der Waals surface area contributed by atoms with Gasteiger partial charge in [-0.15, -0.1) is 11.6 Å². The molecule has 5 heteroatoms. The number of alkyl halides is 2. The zero-order chi connectivity index (χ0) is 11.7. The first kappa shape index (κ1) is 14.0. The van der Waals surface area contributed by atoms with Crippen LogP contribution in [0.15, 0.2) is 11.1 Å². The minimum atomic E-state index is -0.818. The average molecular weight is 362 g/mol. The van der Waals surface area contributed by atoms with E-state index in [2.05, 4.69) is 31.9 Å². The second kappa shape index (κ2) is 5.05. The molecule has 1 aliphatic rings. The predicted octanol–water partition coefficient (Wildman–Crippen LogP) is 3.20.